The molecule has 2 heterocycles. The van der Waals surface area contributed by atoms with E-state index in [2.05, 4.69) is 0 Å². The fourth-order valence-corrected chi connectivity index (χ4v) is 4.65. The lowest BCUT2D eigenvalue weighted by atomic mass is 10.1. The highest BCUT2D eigenvalue weighted by Gasteiger charge is 2.20. The Labute approximate surface area is 208 Å². The fraction of sp³-hybridized carbons (Fsp3) is 0.407. The third-order valence-corrected chi connectivity index (χ3v) is 6.60. The van der Waals surface area contributed by atoms with Gasteiger partial charge in [-0.15, -0.1) is 0 Å². The first-order valence-electron chi connectivity index (χ1n) is 12.2. The van der Waals surface area contributed by atoms with Crippen molar-refractivity contribution in [3.05, 3.63) is 46.6 Å². The van der Waals surface area contributed by atoms with Crippen molar-refractivity contribution in [1.29, 1.82) is 5.41 Å². The van der Waals surface area contributed by atoms with Gasteiger partial charge in [0.25, 0.3) is 0 Å². The molecule has 9 heteroatoms. The van der Waals surface area contributed by atoms with Crippen molar-refractivity contribution in [3.8, 4) is 34.3 Å². The van der Waals surface area contributed by atoms with E-state index in [1.807, 2.05) is 11.0 Å². The molecule has 0 spiro atoms. The Morgan fingerprint density at radius 2 is 1.89 bits per heavy atom. The summed E-state index contributed by atoms with van der Waals surface area (Å²) in [5.74, 6) is 1.94. The lowest BCUT2D eigenvalue weighted by Gasteiger charge is -2.28. The second kappa shape index (κ2) is 10.5. The number of hydrogen-bond donors (Lipinski definition) is 2. The van der Waals surface area contributed by atoms with Crippen LogP contribution in [-0.2, 0) is 4.74 Å². The van der Waals surface area contributed by atoms with Crippen molar-refractivity contribution >= 4 is 16.8 Å². The van der Waals surface area contributed by atoms with Crippen LogP contribution in [0.25, 0.3) is 22.3 Å². The number of benzene rings is 2. The minimum Gasteiger partial charge on any atom is -0.507 e. The van der Waals surface area contributed by atoms with Crippen molar-refractivity contribution in [1.82, 2.24) is 4.90 Å². The number of hydrogen-bond acceptors (Lipinski definition) is 8. The Morgan fingerprint density at radius 1 is 1.11 bits per heavy atom. The van der Waals surface area contributed by atoms with E-state index in [9.17, 15) is 9.90 Å². The number of ether oxygens (including phenoxy) is 4. The quantitative estimate of drug-likeness (QED) is 0.371. The molecular formula is C27H30N2O7. The van der Waals surface area contributed by atoms with Gasteiger partial charge in [-0.05, 0) is 43.9 Å². The molecule has 0 bridgehead atoms. The molecule has 2 aromatic carbocycles. The summed E-state index contributed by atoms with van der Waals surface area (Å²) in [7, 11) is 1.59. The molecule has 2 N–H and O–H groups in total. The van der Waals surface area contributed by atoms with Crippen LogP contribution >= 0.6 is 0 Å². The van der Waals surface area contributed by atoms with Gasteiger partial charge in [0.1, 0.15) is 40.7 Å². The number of nitrogens with one attached hydrogen (secondary N) is 1. The van der Waals surface area contributed by atoms with E-state index in [1.165, 1.54) is 12.1 Å². The second-order valence-corrected chi connectivity index (χ2v) is 9.02. The molecular weight excluding hydrogens is 464 g/mol. The zero-order valence-electron chi connectivity index (χ0n) is 20.2. The first-order valence-corrected chi connectivity index (χ1v) is 12.2. The van der Waals surface area contributed by atoms with Gasteiger partial charge in [-0.1, -0.05) is 0 Å². The van der Waals surface area contributed by atoms with Crippen LogP contribution in [0.2, 0.25) is 0 Å². The lowest BCUT2D eigenvalue weighted by molar-refractivity contribution is 0.0656. The average Bonchev–Trinajstić information content (AvgIpc) is 3.40. The van der Waals surface area contributed by atoms with E-state index >= 15 is 0 Å². The fourth-order valence-electron chi connectivity index (χ4n) is 4.65. The highest BCUT2D eigenvalue weighted by molar-refractivity contribution is 5.86. The number of methoxy groups -OCH3 is 1. The van der Waals surface area contributed by atoms with Crippen LogP contribution in [-0.4, -0.2) is 62.0 Å². The molecule has 36 heavy (non-hydrogen) atoms. The Kier molecular flexibility index (Phi) is 6.99. The summed E-state index contributed by atoms with van der Waals surface area (Å²) in [6.45, 7) is 2.45. The predicted octanol–water partition coefficient (Wildman–Crippen LogP) is 4.18. The van der Waals surface area contributed by atoms with Crippen LogP contribution < -0.4 is 19.6 Å². The molecule has 0 unspecified atom stereocenters. The molecule has 1 aliphatic heterocycles. The van der Waals surface area contributed by atoms with Crippen LogP contribution in [0.4, 0.5) is 0 Å². The predicted molar refractivity (Wildman–Crippen MR) is 135 cm³/mol. The van der Waals surface area contributed by atoms with Crippen LogP contribution in [0.5, 0.6) is 23.0 Å². The highest BCUT2D eigenvalue weighted by atomic mass is 16.5. The molecule has 0 atom stereocenters. The van der Waals surface area contributed by atoms with Gasteiger partial charge in [-0.3, -0.25) is 10.2 Å². The third-order valence-electron chi connectivity index (χ3n) is 6.60. The van der Waals surface area contributed by atoms with E-state index in [4.69, 9.17) is 28.8 Å². The number of amidine groups is 1. The number of morpholine rings is 1. The van der Waals surface area contributed by atoms with Crippen molar-refractivity contribution in [2.24, 2.45) is 0 Å². The molecule has 9 nitrogen and oxygen atoms in total. The summed E-state index contributed by atoms with van der Waals surface area (Å²) < 4.78 is 28.8. The minimum atomic E-state index is -0.370. The maximum absolute atomic E-state index is 12.9. The molecule has 2 fully saturated rings. The second-order valence-electron chi connectivity index (χ2n) is 9.02. The summed E-state index contributed by atoms with van der Waals surface area (Å²) in [5, 5.41) is 18.8. The molecule has 5 rings (SSSR count). The Balaban J connectivity index is 1.42. The minimum absolute atomic E-state index is 0.0230. The first kappa shape index (κ1) is 24.0. The van der Waals surface area contributed by atoms with Gasteiger partial charge in [-0.25, -0.2) is 0 Å². The third kappa shape index (κ3) is 5.11. The van der Waals surface area contributed by atoms with E-state index in [0.717, 1.165) is 25.7 Å². The van der Waals surface area contributed by atoms with Crippen LogP contribution in [0.15, 0.2) is 45.6 Å². The number of nitrogens with zero attached hydrogens (tertiary/aromatic N) is 1. The largest absolute Gasteiger partial charge is 0.507 e. The zero-order valence-corrected chi connectivity index (χ0v) is 20.2. The topological polar surface area (TPSA) is 114 Å². The summed E-state index contributed by atoms with van der Waals surface area (Å²) >= 11 is 0. The van der Waals surface area contributed by atoms with E-state index < -0.39 is 0 Å². The average molecular weight is 495 g/mol. The first-order chi connectivity index (χ1) is 17.5. The molecule has 3 aromatic rings. The van der Waals surface area contributed by atoms with Gasteiger partial charge in [0.15, 0.2) is 16.9 Å². The van der Waals surface area contributed by atoms with E-state index in [1.54, 1.807) is 25.3 Å². The SMILES string of the molecule is COc1ccc(-c2cc(=O)c3c(O)cc(OCC(=N)N4CCOCC4)cc3o2)cc1OC1CCCC1. The summed E-state index contributed by atoms with van der Waals surface area (Å²) in [4.78, 5) is 14.8. The van der Waals surface area contributed by atoms with E-state index in [-0.39, 0.29) is 34.9 Å². The Bertz CT molecular complexity index is 1310. The zero-order chi connectivity index (χ0) is 25.1. The van der Waals surface area contributed by atoms with Gasteiger partial charge in [0.05, 0.1) is 26.4 Å². The smallest absolute Gasteiger partial charge is 0.197 e. The maximum atomic E-state index is 12.9. The number of phenols is 1. The highest BCUT2D eigenvalue weighted by Crippen LogP contribution is 2.37. The monoisotopic (exact) mass is 494 g/mol. The van der Waals surface area contributed by atoms with Crippen LogP contribution in [0.1, 0.15) is 25.7 Å². The molecule has 1 saturated carbocycles. The molecule has 1 aromatic heterocycles. The van der Waals surface area contributed by atoms with Crippen molar-refractivity contribution in [3.63, 3.8) is 0 Å². The summed E-state index contributed by atoms with van der Waals surface area (Å²) in [6, 6.07) is 9.69. The molecule has 1 aliphatic carbocycles. The Hall–Kier alpha value is -3.72. The van der Waals surface area contributed by atoms with Crippen molar-refractivity contribution < 1.29 is 28.5 Å². The van der Waals surface area contributed by atoms with Gasteiger partial charge >= 0.3 is 0 Å². The summed E-state index contributed by atoms with van der Waals surface area (Å²) in [6.07, 6.45) is 4.44. The Morgan fingerprint density at radius 3 is 2.64 bits per heavy atom. The van der Waals surface area contributed by atoms with Crippen molar-refractivity contribution in [2.75, 3.05) is 40.0 Å². The van der Waals surface area contributed by atoms with E-state index in [0.29, 0.717) is 60.7 Å². The van der Waals surface area contributed by atoms with Crippen LogP contribution in [0.3, 0.4) is 0 Å². The van der Waals surface area contributed by atoms with Crippen molar-refractivity contribution in [2.45, 2.75) is 31.8 Å². The van der Waals surface area contributed by atoms with Gasteiger partial charge in [0.2, 0.25) is 0 Å². The number of fused-ring (bicyclic) bond motifs is 1. The standard InChI is InChI=1S/C27H30N2O7/c1-32-22-7-6-17(12-24(22)35-18-4-2-3-5-18)23-15-21(31)27-20(30)13-19(14-25(27)36-23)34-16-26(28)29-8-10-33-11-9-29/h6-7,12-15,18,28,30H,2-5,8-11,16H2,1H3. The molecule has 0 radical (unpaired) electrons. The number of rotatable bonds is 7. The number of phenolic OH excluding ortho intramolecular Hbond substituents is 1. The summed E-state index contributed by atoms with van der Waals surface area (Å²) in [5.41, 5.74) is 0.479. The maximum Gasteiger partial charge on any atom is 0.197 e. The van der Waals surface area contributed by atoms with Gasteiger partial charge in [0, 0.05) is 36.9 Å². The molecule has 190 valence electrons. The molecule has 2 aliphatic rings. The van der Waals surface area contributed by atoms with Gasteiger partial charge < -0.3 is 33.4 Å². The van der Waals surface area contributed by atoms with Gasteiger partial charge in [-0.2, -0.15) is 0 Å². The normalized spacial score (nSPS) is 16.3. The molecule has 1 saturated heterocycles. The lowest BCUT2D eigenvalue weighted by Crippen LogP contribution is -2.42. The van der Waals surface area contributed by atoms with Crippen LogP contribution in [0, 0.1) is 5.41 Å². The molecule has 0 amide bonds. The number of aromatic hydroxyl groups is 1.